The van der Waals surface area contributed by atoms with E-state index in [1.165, 1.54) is 12.1 Å². The summed E-state index contributed by atoms with van der Waals surface area (Å²) in [6, 6.07) is 4.60. The van der Waals surface area contributed by atoms with Crippen LogP contribution in [0.2, 0.25) is 0 Å². The van der Waals surface area contributed by atoms with Crippen LogP contribution in [0.5, 0.6) is 0 Å². The lowest BCUT2D eigenvalue weighted by Gasteiger charge is -2.19. The van der Waals surface area contributed by atoms with Crippen molar-refractivity contribution in [3.63, 3.8) is 0 Å². The minimum absolute atomic E-state index is 0.102. The molecule has 0 radical (unpaired) electrons. The van der Waals surface area contributed by atoms with E-state index in [-0.39, 0.29) is 5.69 Å². The van der Waals surface area contributed by atoms with E-state index in [0.717, 1.165) is 17.7 Å². The van der Waals surface area contributed by atoms with Gasteiger partial charge in [-0.3, -0.25) is 5.32 Å². The second kappa shape index (κ2) is 7.33. The van der Waals surface area contributed by atoms with E-state index >= 15 is 0 Å². The maximum Gasteiger partial charge on any atom is 0.412 e. The van der Waals surface area contributed by atoms with Crippen molar-refractivity contribution in [2.75, 3.05) is 11.1 Å². The van der Waals surface area contributed by atoms with Crippen LogP contribution in [0.3, 0.4) is 0 Å². The summed E-state index contributed by atoms with van der Waals surface area (Å²) < 4.78 is 18.9. The molecule has 0 heterocycles. The van der Waals surface area contributed by atoms with Gasteiger partial charge in [-0.15, -0.1) is 0 Å². The molecule has 0 aliphatic carbocycles. The van der Waals surface area contributed by atoms with Crippen molar-refractivity contribution in [3.05, 3.63) is 35.7 Å². The van der Waals surface area contributed by atoms with Gasteiger partial charge in [0, 0.05) is 0 Å². The van der Waals surface area contributed by atoms with Crippen molar-refractivity contribution < 1.29 is 13.9 Å². The van der Waals surface area contributed by atoms with Crippen molar-refractivity contribution in [2.24, 2.45) is 0 Å². The standard InChI is InChI=1S/C15H20FNO2S/c1-15(2,3)19-14(18)17-13-8-7-11(10-12(13)16)6-4-5-9-20/h4,6-8,10,20H,5,9H2,1-3H3,(H,17,18). The summed E-state index contributed by atoms with van der Waals surface area (Å²) in [4.78, 5) is 11.6. The van der Waals surface area contributed by atoms with E-state index in [9.17, 15) is 9.18 Å². The molecule has 0 aliphatic heterocycles. The summed E-state index contributed by atoms with van der Waals surface area (Å²) in [6.45, 7) is 5.24. The SMILES string of the molecule is CC(C)(C)OC(=O)Nc1ccc(C=CCCS)cc1F. The minimum Gasteiger partial charge on any atom is -0.444 e. The highest BCUT2D eigenvalue weighted by molar-refractivity contribution is 7.80. The lowest BCUT2D eigenvalue weighted by Crippen LogP contribution is -2.27. The molecule has 110 valence electrons. The van der Waals surface area contributed by atoms with Gasteiger partial charge in [-0.25, -0.2) is 9.18 Å². The summed E-state index contributed by atoms with van der Waals surface area (Å²) in [6.07, 6.45) is 3.89. The molecule has 0 fully saturated rings. The number of hydrogen-bond donors (Lipinski definition) is 2. The van der Waals surface area contributed by atoms with Gasteiger partial charge in [0.15, 0.2) is 0 Å². The van der Waals surface area contributed by atoms with E-state index in [0.29, 0.717) is 0 Å². The summed E-state index contributed by atoms with van der Waals surface area (Å²) >= 11 is 4.09. The Morgan fingerprint density at radius 1 is 1.45 bits per heavy atom. The number of rotatable bonds is 4. The molecule has 0 spiro atoms. The van der Waals surface area contributed by atoms with Gasteiger partial charge in [0.1, 0.15) is 11.4 Å². The first-order valence-corrected chi connectivity index (χ1v) is 7.02. The highest BCUT2D eigenvalue weighted by Gasteiger charge is 2.17. The lowest BCUT2D eigenvalue weighted by atomic mass is 10.1. The second-order valence-electron chi connectivity index (χ2n) is 5.28. The summed E-state index contributed by atoms with van der Waals surface area (Å²) in [5.41, 5.74) is 0.223. The first-order chi connectivity index (χ1) is 9.31. The highest BCUT2D eigenvalue weighted by atomic mass is 32.1. The maximum atomic E-state index is 13.8. The molecule has 5 heteroatoms. The number of thiol groups is 1. The van der Waals surface area contributed by atoms with E-state index < -0.39 is 17.5 Å². The van der Waals surface area contributed by atoms with E-state index in [4.69, 9.17) is 4.74 Å². The summed E-state index contributed by atoms with van der Waals surface area (Å²) in [5, 5.41) is 2.39. The zero-order valence-electron chi connectivity index (χ0n) is 11.9. The molecule has 1 aromatic carbocycles. The summed E-state index contributed by atoms with van der Waals surface area (Å²) in [7, 11) is 0. The van der Waals surface area contributed by atoms with Crippen LogP contribution in [0.4, 0.5) is 14.9 Å². The Kier molecular flexibility index (Phi) is 6.07. The predicted molar refractivity (Wildman–Crippen MR) is 83.8 cm³/mol. The number of benzene rings is 1. The fourth-order valence-corrected chi connectivity index (χ4v) is 1.59. The van der Waals surface area contributed by atoms with Crippen LogP contribution in [0.15, 0.2) is 24.3 Å². The molecule has 0 bridgehead atoms. The zero-order chi connectivity index (χ0) is 15.2. The quantitative estimate of drug-likeness (QED) is 0.803. The molecule has 0 atom stereocenters. The van der Waals surface area contributed by atoms with Crippen molar-refractivity contribution in [3.8, 4) is 0 Å². The van der Waals surface area contributed by atoms with Crippen molar-refractivity contribution in [2.45, 2.75) is 32.8 Å². The normalized spacial score (nSPS) is 11.7. The number of hydrogen-bond acceptors (Lipinski definition) is 3. The number of halogens is 1. The number of anilines is 1. The second-order valence-corrected chi connectivity index (χ2v) is 5.73. The molecule has 0 aliphatic rings. The number of allylic oxidation sites excluding steroid dienone is 1. The number of carbonyl (C=O) groups is 1. The fraction of sp³-hybridized carbons (Fsp3) is 0.400. The van der Waals surface area contributed by atoms with Crippen LogP contribution in [-0.4, -0.2) is 17.4 Å². The Morgan fingerprint density at radius 3 is 2.70 bits per heavy atom. The van der Waals surface area contributed by atoms with Gasteiger partial charge in [0.2, 0.25) is 0 Å². The molecule has 1 N–H and O–H groups in total. The van der Waals surface area contributed by atoms with E-state index in [1.54, 1.807) is 26.8 Å². The third-order valence-electron chi connectivity index (χ3n) is 2.23. The monoisotopic (exact) mass is 297 g/mol. The van der Waals surface area contributed by atoms with Crippen LogP contribution in [-0.2, 0) is 4.74 Å². The average Bonchev–Trinajstić information content (AvgIpc) is 2.30. The number of amides is 1. The Hall–Kier alpha value is -1.49. The van der Waals surface area contributed by atoms with Gasteiger partial charge in [-0.1, -0.05) is 18.2 Å². The molecule has 1 aromatic rings. The Bertz CT molecular complexity index is 495. The number of carbonyl (C=O) groups excluding carboxylic acids is 1. The molecule has 1 rings (SSSR count). The van der Waals surface area contributed by atoms with Gasteiger partial charge < -0.3 is 4.74 Å². The number of nitrogens with one attached hydrogen (secondary N) is 1. The molecule has 20 heavy (non-hydrogen) atoms. The minimum atomic E-state index is -0.672. The lowest BCUT2D eigenvalue weighted by molar-refractivity contribution is 0.0635. The third-order valence-corrected chi connectivity index (χ3v) is 2.49. The van der Waals surface area contributed by atoms with Crippen molar-refractivity contribution in [1.29, 1.82) is 0 Å². The van der Waals surface area contributed by atoms with Crippen molar-refractivity contribution >= 4 is 30.5 Å². The van der Waals surface area contributed by atoms with Crippen LogP contribution in [0.1, 0.15) is 32.8 Å². The van der Waals surface area contributed by atoms with E-state index in [1.807, 2.05) is 12.2 Å². The average molecular weight is 297 g/mol. The largest absolute Gasteiger partial charge is 0.444 e. The highest BCUT2D eigenvalue weighted by Crippen LogP contribution is 2.18. The topological polar surface area (TPSA) is 38.3 Å². The van der Waals surface area contributed by atoms with E-state index in [2.05, 4.69) is 17.9 Å². The molecule has 3 nitrogen and oxygen atoms in total. The Balaban J connectivity index is 2.71. The van der Waals surface area contributed by atoms with Crippen LogP contribution >= 0.6 is 12.6 Å². The summed E-state index contributed by atoms with van der Waals surface area (Å²) in [5.74, 6) is 0.251. The Labute approximate surface area is 124 Å². The molecule has 0 saturated heterocycles. The fourth-order valence-electron chi connectivity index (χ4n) is 1.44. The molecular formula is C15H20FNO2S. The van der Waals surface area contributed by atoms with Gasteiger partial charge in [0.05, 0.1) is 5.69 Å². The van der Waals surface area contributed by atoms with Gasteiger partial charge in [-0.05, 0) is 50.6 Å². The molecule has 1 amide bonds. The van der Waals surface area contributed by atoms with Crippen LogP contribution in [0, 0.1) is 5.82 Å². The van der Waals surface area contributed by atoms with Gasteiger partial charge in [0.25, 0.3) is 0 Å². The van der Waals surface area contributed by atoms with Gasteiger partial charge >= 0.3 is 6.09 Å². The van der Waals surface area contributed by atoms with Gasteiger partial charge in [-0.2, -0.15) is 12.6 Å². The zero-order valence-corrected chi connectivity index (χ0v) is 12.8. The molecule has 0 unspecified atom stereocenters. The Morgan fingerprint density at radius 2 is 2.15 bits per heavy atom. The molecular weight excluding hydrogens is 277 g/mol. The molecule has 0 saturated carbocycles. The van der Waals surface area contributed by atoms with Crippen molar-refractivity contribution in [1.82, 2.24) is 0 Å². The first kappa shape index (κ1) is 16.6. The predicted octanol–water partition coefficient (Wildman–Crippen LogP) is 4.51. The third kappa shape index (κ3) is 6.10. The first-order valence-electron chi connectivity index (χ1n) is 6.39. The molecule has 0 aromatic heterocycles. The number of ether oxygens (including phenoxy) is 1. The van der Waals surface area contributed by atoms with Crippen LogP contribution < -0.4 is 5.32 Å². The maximum absolute atomic E-state index is 13.8. The van der Waals surface area contributed by atoms with Crippen LogP contribution in [0.25, 0.3) is 6.08 Å². The smallest absolute Gasteiger partial charge is 0.412 e.